The maximum Gasteiger partial charge on any atom is 0.271 e. The lowest BCUT2D eigenvalue weighted by Crippen LogP contribution is -2.28. The Labute approximate surface area is 191 Å². The first kappa shape index (κ1) is 20.5. The molecule has 0 saturated heterocycles. The van der Waals surface area contributed by atoms with Gasteiger partial charge in [0.2, 0.25) is 5.16 Å². The molecule has 1 aliphatic rings. The zero-order valence-electron chi connectivity index (χ0n) is 17.4. The van der Waals surface area contributed by atoms with Gasteiger partial charge in [-0.15, -0.1) is 21.5 Å². The number of amides is 1. The van der Waals surface area contributed by atoms with Crippen LogP contribution in [0.5, 0.6) is 0 Å². The first-order valence-electron chi connectivity index (χ1n) is 9.85. The standard InChI is InChI=1S/C20H20N8O2S2/c1-12-9-13(2)27(24-12)19-22-23-20(26(19)21)32-11-18(29)28-15(16-5-3-7-30-16)10-14(25-28)17-6-4-8-31-17/h3-9,15H,10-11,21H2,1-2H3. The van der Waals surface area contributed by atoms with Gasteiger partial charge in [0.1, 0.15) is 11.8 Å². The first-order valence-corrected chi connectivity index (χ1v) is 11.7. The zero-order valence-corrected chi connectivity index (χ0v) is 19.0. The minimum absolute atomic E-state index is 0.102. The van der Waals surface area contributed by atoms with E-state index >= 15 is 0 Å². The molecule has 0 radical (unpaired) electrons. The van der Waals surface area contributed by atoms with Crippen molar-refractivity contribution >= 4 is 34.7 Å². The average molecular weight is 469 g/mol. The molecule has 164 valence electrons. The Morgan fingerprint density at radius 3 is 2.88 bits per heavy atom. The van der Waals surface area contributed by atoms with Crippen LogP contribution in [0.3, 0.4) is 0 Å². The molecule has 4 aromatic rings. The summed E-state index contributed by atoms with van der Waals surface area (Å²) in [5, 5.41) is 21.2. The van der Waals surface area contributed by atoms with Crippen LogP contribution in [0.25, 0.3) is 5.95 Å². The van der Waals surface area contributed by atoms with Crippen molar-refractivity contribution in [1.29, 1.82) is 0 Å². The van der Waals surface area contributed by atoms with Gasteiger partial charge in [-0.05, 0) is 43.5 Å². The highest BCUT2D eigenvalue weighted by Gasteiger charge is 2.35. The van der Waals surface area contributed by atoms with Crippen LogP contribution in [0.4, 0.5) is 0 Å². The van der Waals surface area contributed by atoms with Gasteiger partial charge in [-0.2, -0.15) is 10.2 Å². The number of carbonyl (C=O) groups is 1. The molecule has 12 heteroatoms. The third kappa shape index (κ3) is 3.71. The Bertz CT molecular complexity index is 1270. The van der Waals surface area contributed by atoms with Crippen molar-refractivity contribution in [3.8, 4) is 5.95 Å². The van der Waals surface area contributed by atoms with Crippen molar-refractivity contribution in [2.24, 2.45) is 5.10 Å². The number of hydrazone groups is 1. The summed E-state index contributed by atoms with van der Waals surface area (Å²) >= 11 is 2.80. The van der Waals surface area contributed by atoms with E-state index < -0.39 is 0 Å². The Kier molecular flexibility index (Phi) is 5.31. The number of hydrogen-bond acceptors (Lipinski definition) is 9. The highest BCUT2D eigenvalue weighted by molar-refractivity contribution is 7.99. The number of nitrogen functional groups attached to an aromatic ring is 1. The van der Waals surface area contributed by atoms with Crippen LogP contribution in [0, 0.1) is 13.8 Å². The molecule has 1 atom stereocenters. The van der Waals surface area contributed by atoms with Gasteiger partial charge in [0, 0.05) is 12.1 Å². The van der Waals surface area contributed by atoms with E-state index in [1.165, 1.54) is 21.4 Å². The van der Waals surface area contributed by atoms with Crippen LogP contribution >= 0.6 is 23.1 Å². The lowest BCUT2D eigenvalue weighted by atomic mass is 10.1. The molecule has 0 aliphatic carbocycles. The van der Waals surface area contributed by atoms with Gasteiger partial charge in [0.05, 0.1) is 28.3 Å². The van der Waals surface area contributed by atoms with E-state index in [1.807, 2.05) is 49.6 Å². The smallest absolute Gasteiger partial charge is 0.271 e. The van der Waals surface area contributed by atoms with E-state index in [0.717, 1.165) is 22.0 Å². The van der Waals surface area contributed by atoms with Crippen LogP contribution in [-0.2, 0) is 4.79 Å². The number of aromatic nitrogens is 5. The van der Waals surface area contributed by atoms with Crippen LogP contribution in [0.2, 0.25) is 0 Å². The predicted molar refractivity (Wildman–Crippen MR) is 121 cm³/mol. The molecule has 1 unspecified atom stereocenters. The number of nitrogens with two attached hydrogens (primary N) is 1. The molecular formula is C20H20N8O2S2. The van der Waals surface area contributed by atoms with Crippen LogP contribution in [0.1, 0.15) is 34.5 Å². The molecular weight excluding hydrogens is 448 g/mol. The summed E-state index contributed by atoms with van der Waals surface area (Å²) in [6.45, 7) is 3.81. The summed E-state index contributed by atoms with van der Waals surface area (Å²) in [5.41, 5.74) is 2.61. The topological polar surface area (TPSA) is 120 Å². The number of aryl methyl sites for hydroxylation is 2. The molecule has 5 heterocycles. The monoisotopic (exact) mass is 468 g/mol. The van der Waals surface area contributed by atoms with Crippen LogP contribution in [-0.4, -0.2) is 47.0 Å². The van der Waals surface area contributed by atoms with E-state index in [2.05, 4.69) is 20.4 Å². The van der Waals surface area contributed by atoms with Crippen molar-refractivity contribution in [3.63, 3.8) is 0 Å². The Morgan fingerprint density at radius 2 is 2.19 bits per heavy atom. The molecule has 4 aromatic heterocycles. The second kappa shape index (κ2) is 8.28. The molecule has 5 rings (SSSR count). The van der Waals surface area contributed by atoms with E-state index in [4.69, 9.17) is 10.3 Å². The van der Waals surface area contributed by atoms with Crippen molar-refractivity contribution in [3.05, 3.63) is 64.0 Å². The van der Waals surface area contributed by atoms with Gasteiger partial charge in [-0.1, -0.05) is 17.8 Å². The third-order valence-corrected chi connectivity index (χ3v) is 6.86. The van der Waals surface area contributed by atoms with Crippen LogP contribution < -0.4 is 5.84 Å². The molecule has 32 heavy (non-hydrogen) atoms. The Balaban J connectivity index is 1.34. The number of carbonyl (C=O) groups excluding carboxylic acids is 1. The maximum atomic E-state index is 13.1. The maximum absolute atomic E-state index is 13.1. The quantitative estimate of drug-likeness (QED) is 0.341. The zero-order chi connectivity index (χ0) is 22.2. The van der Waals surface area contributed by atoms with Gasteiger partial charge in [0.25, 0.3) is 11.9 Å². The minimum atomic E-state index is -0.281. The number of thiophene rings is 1. The first-order chi connectivity index (χ1) is 15.5. The third-order valence-electron chi connectivity index (χ3n) is 5.01. The largest absolute Gasteiger partial charge is 0.467 e. The molecule has 2 N–H and O–H groups in total. The van der Waals surface area contributed by atoms with E-state index in [1.54, 1.807) is 22.3 Å². The molecule has 1 aliphatic heterocycles. The second-order valence-electron chi connectivity index (χ2n) is 7.28. The summed E-state index contributed by atoms with van der Waals surface area (Å²) in [6.07, 6.45) is 2.20. The van der Waals surface area contributed by atoms with Gasteiger partial charge in [0.15, 0.2) is 0 Å². The normalized spacial score (nSPS) is 16.0. The highest BCUT2D eigenvalue weighted by Crippen LogP contribution is 2.34. The summed E-state index contributed by atoms with van der Waals surface area (Å²) in [4.78, 5) is 14.2. The number of rotatable bonds is 6. The van der Waals surface area contributed by atoms with Crippen molar-refractivity contribution < 1.29 is 9.21 Å². The molecule has 0 saturated carbocycles. The van der Waals surface area contributed by atoms with Crippen molar-refractivity contribution in [2.45, 2.75) is 31.5 Å². The summed E-state index contributed by atoms with van der Waals surface area (Å²) in [5.74, 6) is 7.21. The summed E-state index contributed by atoms with van der Waals surface area (Å²) in [6, 6.07) is 9.30. The summed E-state index contributed by atoms with van der Waals surface area (Å²) in [7, 11) is 0. The Hall–Kier alpha value is -3.38. The number of hydrogen-bond donors (Lipinski definition) is 1. The molecule has 0 bridgehead atoms. The molecule has 1 amide bonds. The minimum Gasteiger partial charge on any atom is -0.467 e. The molecule has 0 aromatic carbocycles. The molecule has 10 nitrogen and oxygen atoms in total. The fourth-order valence-electron chi connectivity index (χ4n) is 3.57. The van der Waals surface area contributed by atoms with E-state index in [9.17, 15) is 4.79 Å². The van der Waals surface area contributed by atoms with Gasteiger partial charge in [-0.25, -0.2) is 14.4 Å². The van der Waals surface area contributed by atoms with Gasteiger partial charge in [-0.3, -0.25) is 4.79 Å². The predicted octanol–water partition coefficient (Wildman–Crippen LogP) is 2.92. The summed E-state index contributed by atoms with van der Waals surface area (Å²) < 4.78 is 8.55. The fourth-order valence-corrected chi connectivity index (χ4v) is 5.00. The lowest BCUT2D eigenvalue weighted by Gasteiger charge is -2.19. The Morgan fingerprint density at radius 1 is 1.31 bits per heavy atom. The average Bonchev–Trinajstić information content (AvgIpc) is 3.57. The SMILES string of the molecule is Cc1cc(C)n(-c2nnc(SCC(=O)N3N=C(c4cccs4)CC3c3ccco3)n2N)n1. The number of thioether (sulfide) groups is 1. The van der Waals surface area contributed by atoms with Crippen molar-refractivity contribution in [2.75, 3.05) is 11.6 Å². The lowest BCUT2D eigenvalue weighted by molar-refractivity contribution is -0.130. The van der Waals surface area contributed by atoms with E-state index in [0.29, 0.717) is 23.3 Å². The molecule has 0 spiro atoms. The second-order valence-corrected chi connectivity index (χ2v) is 9.17. The highest BCUT2D eigenvalue weighted by atomic mass is 32.2. The number of furan rings is 1. The fraction of sp³-hybridized carbons (Fsp3) is 0.250. The van der Waals surface area contributed by atoms with Crippen LogP contribution in [0.15, 0.2) is 56.7 Å². The van der Waals surface area contributed by atoms with Gasteiger partial charge < -0.3 is 10.3 Å². The van der Waals surface area contributed by atoms with Crippen molar-refractivity contribution in [1.82, 2.24) is 29.7 Å². The van der Waals surface area contributed by atoms with Gasteiger partial charge >= 0.3 is 0 Å². The van der Waals surface area contributed by atoms with E-state index in [-0.39, 0.29) is 17.7 Å². The number of nitrogens with zero attached hydrogens (tertiary/aromatic N) is 7. The molecule has 0 fully saturated rings.